The largest absolute Gasteiger partial charge is 0.367 e. The van der Waals surface area contributed by atoms with Crippen LogP contribution in [0, 0.1) is 13.8 Å². The molecule has 0 saturated carbocycles. The normalized spacial score (nSPS) is 18.6. The Hall–Kier alpha value is -1.65. The summed E-state index contributed by atoms with van der Waals surface area (Å²) in [5.74, 6) is 0. The highest BCUT2D eigenvalue weighted by Gasteiger charge is 2.18. The molecule has 3 heterocycles. The van der Waals surface area contributed by atoms with Gasteiger partial charge in [0.05, 0.1) is 11.0 Å². The van der Waals surface area contributed by atoms with E-state index < -0.39 is 0 Å². The van der Waals surface area contributed by atoms with Crippen LogP contribution in [0.3, 0.4) is 0 Å². The Morgan fingerprint density at radius 2 is 1.78 bits per heavy atom. The Labute approximate surface area is 140 Å². The third-order valence-corrected chi connectivity index (χ3v) is 5.50. The summed E-state index contributed by atoms with van der Waals surface area (Å²) >= 11 is 1.83. The Morgan fingerprint density at radius 3 is 2.57 bits per heavy atom. The first-order valence-electron chi connectivity index (χ1n) is 8.17. The molecule has 1 fully saturated rings. The fourth-order valence-electron chi connectivity index (χ4n) is 3.07. The first kappa shape index (κ1) is 14.9. The molecule has 3 nitrogen and oxygen atoms in total. The molecule has 3 aromatic rings. The molecule has 1 saturated heterocycles. The van der Waals surface area contributed by atoms with Gasteiger partial charge in [-0.15, -0.1) is 0 Å². The summed E-state index contributed by atoms with van der Waals surface area (Å²) in [6.45, 7) is 4.94. The lowest BCUT2D eigenvalue weighted by atomic mass is 10.1. The second kappa shape index (κ2) is 6.10. The number of aromatic nitrogens is 2. The summed E-state index contributed by atoms with van der Waals surface area (Å²) < 4.78 is 5.91. The average molecular weight is 324 g/mol. The van der Waals surface area contributed by atoms with Crippen LogP contribution in [-0.4, -0.2) is 22.0 Å². The van der Waals surface area contributed by atoms with Gasteiger partial charge in [0.15, 0.2) is 0 Å². The molecule has 23 heavy (non-hydrogen) atoms. The number of pyridine rings is 2. The number of hydrogen-bond donors (Lipinski definition) is 0. The van der Waals surface area contributed by atoms with Gasteiger partial charge >= 0.3 is 0 Å². The molecule has 1 aromatic carbocycles. The first-order valence-corrected chi connectivity index (χ1v) is 9.05. The second-order valence-corrected chi connectivity index (χ2v) is 7.36. The van der Waals surface area contributed by atoms with Gasteiger partial charge in [-0.05, 0) is 57.4 Å². The monoisotopic (exact) mass is 324 g/mol. The van der Waals surface area contributed by atoms with Gasteiger partial charge in [-0.2, -0.15) is 0 Å². The summed E-state index contributed by atoms with van der Waals surface area (Å²) in [6.07, 6.45) is 3.55. The van der Waals surface area contributed by atoms with E-state index in [0.29, 0.717) is 0 Å². The molecule has 4 heteroatoms. The highest BCUT2D eigenvalue weighted by molar-refractivity contribution is 8.00. The van der Waals surface area contributed by atoms with Gasteiger partial charge in [-0.3, -0.25) is 9.97 Å². The number of benzene rings is 1. The van der Waals surface area contributed by atoms with E-state index >= 15 is 0 Å². The topological polar surface area (TPSA) is 35.0 Å². The van der Waals surface area contributed by atoms with Crippen molar-refractivity contribution in [2.45, 2.75) is 43.4 Å². The SMILES string of the molecule is Cc1ccc2cc(SC3CCCCO3)c3ccc(C)nc3c2n1. The van der Waals surface area contributed by atoms with E-state index in [1.165, 1.54) is 23.1 Å². The van der Waals surface area contributed by atoms with Crippen molar-refractivity contribution in [3.8, 4) is 0 Å². The number of aryl methyl sites for hydroxylation is 2. The molecule has 0 N–H and O–H groups in total. The van der Waals surface area contributed by atoms with E-state index in [2.05, 4.69) is 30.3 Å². The fourth-order valence-corrected chi connectivity index (χ4v) is 4.29. The lowest BCUT2D eigenvalue weighted by molar-refractivity contribution is 0.0728. The first-order chi connectivity index (χ1) is 11.2. The molecule has 118 valence electrons. The Bertz CT molecular complexity index is 872. The summed E-state index contributed by atoms with van der Waals surface area (Å²) in [7, 11) is 0. The highest BCUT2D eigenvalue weighted by atomic mass is 32.2. The number of rotatable bonds is 2. The van der Waals surface area contributed by atoms with Crippen molar-refractivity contribution in [1.82, 2.24) is 9.97 Å². The molecule has 1 aliphatic rings. The third kappa shape index (κ3) is 2.93. The number of fused-ring (bicyclic) bond motifs is 3. The summed E-state index contributed by atoms with van der Waals surface area (Å²) in [5.41, 5.74) is 4.31. The maximum absolute atomic E-state index is 5.91. The minimum Gasteiger partial charge on any atom is -0.367 e. The van der Waals surface area contributed by atoms with Crippen LogP contribution in [0.1, 0.15) is 30.7 Å². The van der Waals surface area contributed by atoms with Crippen LogP contribution in [0.2, 0.25) is 0 Å². The van der Waals surface area contributed by atoms with E-state index in [1.54, 1.807) is 0 Å². The molecule has 0 amide bonds. The molecule has 0 spiro atoms. The standard InChI is InChI=1S/C19H20N2OS/c1-12-6-8-14-11-16(23-17-5-3-4-10-22-17)15-9-7-13(2)21-19(15)18(14)20-12/h6-9,11,17H,3-5,10H2,1-2H3. The smallest absolute Gasteiger partial charge is 0.107 e. The lowest BCUT2D eigenvalue weighted by Gasteiger charge is -2.22. The van der Waals surface area contributed by atoms with Gasteiger partial charge in [-0.25, -0.2) is 0 Å². The van der Waals surface area contributed by atoms with E-state index in [-0.39, 0.29) is 5.44 Å². The molecular formula is C19H20N2OS. The average Bonchev–Trinajstić information content (AvgIpc) is 2.56. The van der Waals surface area contributed by atoms with Crippen LogP contribution in [-0.2, 0) is 4.74 Å². The molecule has 0 aliphatic carbocycles. The van der Waals surface area contributed by atoms with Gasteiger partial charge in [0.1, 0.15) is 5.44 Å². The predicted molar refractivity (Wildman–Crippen MR) is 96.0 cm³/mol. The van der Waals surface area contributed by atoms with Crippen molar-refractivity contribution >= 4 is 33.6 Å². The second-order valence-electron chi connectivity index (χ2n) is 6.16. The number of nitrogens with zero attached hydrogens (tertiary/aromatic N) is 2. The van der Waals surface area contributed by atoms with Crippen molar-refractivity contribution in [3.63, 3.8) is 0 Å². The van der Waals surface area contributed by atoms with Gasteiger partial charge in [-0.1, -0.05) is 17.8 Å². The quantitative estimate of drug-likeness (QED) is 0.620. The maximum atomic E-state index is 5.91. The van der Waals surface area contributed by atoms with Crippen LogP contribution in [0.5, 0.6) is 0 Å². The molecule has 0 radical (unpaired) electrons. The molecule has 1 unspecified atom stereocenters. The fraction of sp³-hybridized carbons (Fsp3) is 0.368. The summed E-state index contributed by atoms with van der Waals surface area (Å²) in [5, 5.41) is 2.33. The van der Waals surface area contributed by atoms with Gasteiger partial charge < -0.3 is 4.74 Å². The van der Waals surface area contributed by atoms with Crippen LogP contribution in [0.25, 0.3) is 21.8 Å². The zero-order valence-corrected chi connectivity index (χ0v) is 14.3. The van der Waals surface area contributed by atoms with Crippen molar-refractivity contribution in [2.75, 3.05) is 6.61 Å². The highest BCUT2D eigenvalue weighted by Crippen LogP contribution is 2.37. The van der Waals surface area contributed by atoms with Crippen LogP contribution in [0.4, 0.5) is 0 Å². The van der Waals surface area contributed by atoms with Crippen molar-refractivity contribution < 1.29 is 4.74 Å². The molecule has 2 aromatic heterocycles. The number of ether oxygens (including phenoxy) is 1. The van der Waals surface area contributed by atoms with Crippen LogP contribution < -0.4 is 0 Å². The Morgan fingerprint density at radius 1 is 1.00 bits per heavy atom. The third-order valence-electron chi connectivity index (χ3n) is 4.27. The maximum Gasteiger partial charge on any atom is 0.107 e. The predicted octanol–water partition coefficient (Wildman–Crippen LogP) is 5.02. The van der Waals surface area contributed by atoms with E-state index in [1.807, 2.05) is 25.6 Å². The Balaban J connectivity index is 1.89. The van der Waals surface area contributed by atoms with E-state index in [4.69, 9.17) is 14.7 Å². The molecule has 1 atom stereocenters. The minimum absolute atomic E-state index is 0.254. The van der Waals surface area contributed by atoms with E-state index in [9.17, 15) is 0 Å². The van der Waals surface area contributed by atoms with Gasteiger partial charge in [0, 0.05) is 33.7 Å². The van der Waals surface area contributed by atoms with Crippen molar-refractivity contribution in [1.29, 1.82) is 0 Å². The van der Waals surface area contributed by atoms with Crippen LogP contribution >= 0.6 is 11.8 Å². The molecule has 4 rings (SSSR count). The summed E-state index contributed by atoms with van der Waals surface area (Å²) in [6, 6.07) is 10.7. The Kier molecular flexibility index (Phi) is 3.95. The van der Waals surface area contributed by atoms with Gasteiger partial charge in [0.2, 0.25) is 0 Å². The number of hydrogen-bond acceptors (Lipinski definition) is 4. The lowest BCUT2D eigenvalue weighted by Crippen LogP contribution is -2.15. The zero-order valence-electron chi connectivity index (χ0n) is 13.5. The minimum atomic E-state index is 0.254. The van der Waals surface area contributed by atoms with Crippen molar-refractivity contribution in [3.05, 3.63) is 41.7 Å². The molecule has 0 bridgehead atoms. The summed E-state index contributed by atoms with van der Waals surface area (Å²) in [4.78, 5) is 10.8. The van der Waals surface area contributed by atoms with Crippen molar-refractivity contribution in [2.24, 2.45) is 0 Å². The molecular weight excluding hydrogens is 304 g/mol. The van der Waals surface area contributed by atoms with Gasteiger partial charge in [0.25, 0.3) is 0 Å². The molecule has 1 aliphatic heterocycles. The zero-order chi connectivity index (χ0) is 15.8. The van der Waals surface area contributed by atoms with E-state index in [0.717, 1.165) is 40.8 Å². The van der Waals surface area contributed by atoms with Crippen LogP contribution in [0.15, 0.2) is 35.2 Å². The number of thioether (sulfide) groups is 1.